The first-order valence-electron chi connectivity index (χ1n) is 12.4. The quantitative estimate of drug-likeness (QED) is 0.278. The average Bonchev–Trinajstić information content (AvgIpc) is 2.84. The number of allylic oxidation sites excluding steroid dienone is 1. The van der Waals surface area contributed by atoms with Gasteiger partial charge in [0, 0.05) is 56.5 Å². The highest BCUT2D eigenvalue weighted by atomic mass is 19.4. The topological polar surface area (TPSA) is 90.8 Å². The summed E-state index contributed by atoms with van der Waals surface area (Å²) in [6, 6.07) is 5.59. The van der Waals surface area contributed by atoms with Gasteiger partial charge in [-0.2, -0.15) is 13.2 Å². The van der Waals surface area contributed by atoms with Crippen molar-refractivity contribution < 1.29 is 26.7 Å². The van der Waals surface area contributed by atoms with Crippen molar-refractivity contribution >= 4 is 22.9 Å². The first-order valence-corrected chi connectivity index (χ1v) is 12.4. The molecule has 0 radical (unpaired) electrons. The van der Waals surface area contributed by atoms with Crippen molar-refractivity contribution in [2.24, 2.45) is 17.8 Å². The third-order valence-electron chi connectivity index (χ3n) is 6.87. The Hall–Kier alpha value is -3.37. The summed E-state index contributed by atoms with van der Waals surface area (Å²) in [5.74, 6) is -5.21. The summed E-state index contributed by atoms with van der Waals surface area (Å²) in [6.07, 6.45) is -1.27. The number of carbonyl (C=O) groups excluding carboxylic acids is 1. The molecule has 0 aliphatic heterocycles. The third-order valence-corrected chi connectivity index (χ3v) is 6.87. The van der Waals surface area contributed by atoms with Crippen LogP contribution in [0.25, 0.3) is 5.57 Å². The molecule has 38 heavy (non-hydrogen) atoms. The zero-order valence-corrected chi connectivity index (χ0v) is 21.5. The number of hydrogen-bond acceptors (Lipinski definition) is 6. The van der Waals surface area contributed by atoms with Gasteiger partial charge >= 0.3 is 6.18 Å². The van der Waals surface area contributed by atoms with Crippen molar-refractivity contribution in [1.29, 1.82) is 5.41 Å². The number of anilines is 1. The van der Waals surface area contributed by atoms with E-state index in [1.807, 2.05) is 6.92 Å². The molecule has 206 valence electrons. The Morgan fingerprint density at radius 2 is 1.97 bits per heavy atom. The Bertz CT molecular complexity index is 1160. The van der Waals surface area contributed by atoms with Crippen molar-refractivity contribution in [3.8, 4) is 0 Å². The van der Waals surface area contributed by atoms with E-state index in [9.17, 15) is 26.7 Å². The molecule has 6 nitrogen and oxygen atoms in total. The number of hydrogen-bond donors (Lipinski definition) is 3. The zero-order chi connectivity index (χ0) is 28.1. The van der Waals surface area contributed by atoms with Gasteiger partial charge in [-0.25, -0.2) is 13.8 Å². The molecule has 0 saturated heterocycles. The number of ketones is 1. The van der Waals surface area contributed by atoms with Gasteiger partial charge in [0.1, 0.15) is 11.5 Å². The largest absolute Gasteiger partial charge is 0.417 e. The van der Waals surface area contributed by atoms with Crippen LogP contribution >= 0.6 is 0 Å². The number of aryl methyl sites for hydroxylation is 1. The SMILES string of the molecule is CN/C=C(\C(=N)C(=O)C1CCCC(F)(F)C[C@@H](C)C1CNc1ccc(C(F)(F)F)cn1)c1cc(C)ccn1. The van der Waals surface area contributed by atoms with Crippen LogP contribution in [0.3, 0.4) is 0 Å². The summed E-state index contributed by atoms with van der Waals surface area (Å²) < 4.78 is 67.6. The van der Waals surface area contributed by atoms with E-state index in [4.69, 9.17) is 5.41 Å². The van der Waals surface area contributed by atoms with Gasteiger partial charge in [-0.1, -0.05) is 6.92 Å². The van der Waals surface area contributed by atoms with Gasteiger partial charge in [0.2, 0.25) is 5.92 Å². The van der Waals surface area contributed by atoms with Crippen molar-refractivity contribution in [3.63, 3.8) is 0 Å². The molecule has 0 spiro atoms. The first-order chi connectivity index (χ1) is 17.8. The smallest absolute Gasteiger partial charge is 0.393 e. The van der Waals surface area contributed by atoms with Gasteiger partial charge in [0.25, 0.3) is 0 Å². The van der Waals surface area contributed by atoms with Crippen LogP contribution in [0.1, 0.15) is 49.4 Å². The molecule has 2 aromatic rings. The summed E-state index contributed by atoms with van der Waals surface area (Å²) in [4.78, 5) is 21.8. The predicted molar refractivity (Wildman–Crippen MR) is 136 cm³/mol. The lowest BCUT2D eigenvalue weighted by molar-refractivity contribution is -0.137. The van der Waals surface area contributed by atoms with Crippen LogP contribution in [0.5, 0.6) is 0 Å². The van der Waals surface area contributed by atoms with Gasteiger partial charge in [-0.3, -0.25) is 15.2 Å². The van der Waals surface area contributed by atoms with Crippen molar-refractivity contribution in [3.05, 3.63) is 59.7 Å². The third kappa shape index (κ3) is 7.35. The van der Waals surface area contributed by atoms with E-state index in [-0.39, 0.29) is 42.9 Å². The molecule has 3 rings (SSSR count). The highest BCUT2D eigenvalue weighted by Crippen LogP contribution is 2.40. The molecule has 2 heterocycles. The second-order valence-electron chi connectivity index (χ2n) is 9.82. The standard InChI is InChI=1S/C27H32F5N5O/c1-16-8-10-35-22(11-16)21(14-34-3)24(33)25(38)19-5-4-9-26(28,29)12-17(2)20(19)15-37-23-7-6-18(13-36-23)27(30,31)32/h6-8,10-11,13-14,17,19-20,33-34H,4-5,9,12,15H2,1-3H3,(H,36,37)/b21-14-,33-24?/t17-,19?,20?/m1/s1. The number of carbonyl (C=O) groups is 1. The molecule has 2 unspecified atom stereocenters. The number of pyridine rings is 2. The second-order valence-corrected chi connectivity index (χ2v) is 9.82. The molecule has 0 aromatic carbocycles. The molecule has 1 fully saturated rings. The fourth-order valence-corrected chi connectivity index (χ4v) is 4.89. The van der Waals surface area contributed by atoms with E-state index in [1.54, 1.807) is 32.3 Å². The van der Waals surface area contributed by atoms with Gasteiger partial charge in [-0.15, -0.1) is 0 Å². The molecule has 3 atom stereocenters. The number of nitrogens with one attached hydrogen (secondary N) is 3. The van der Waals surface area contributed by atoms with Gasteiger partial charge in [-0.05, 0) is 61.4 Å². The number of halogens is 5. The summed E-state index contributed by atoms with van der Waals surface area (Å²) in [5, 5.41) is 14.5. The Balaban J connectivity index is 1.88. The van der Waals surface area contributed by atoms with E-state index in [0.717, 1.165) is 11.6 Å². The molecule has 0 bridgehead atoms. The number of rotatable bonds is 8. The Labute approximate surface area is 218 Å². The number of nitrogens with zero attached hydrogens (tertiary/aromatic N) is 2. The van der Waals surface area contributed by atoms with Gasteiger partial charge < -0.3 is 10.6 Å². The molecule has 1 aliphatic rings. The average molecular weight is 538 g/mol. The van der Waals surface area contributed by atoms with Crippen LogP contribution in [0.15, 0.2) is 42.9 Å². The van der Waals surface area contributed by atoms with Crippen LogP contribution in [-0.2, 0) is 11.0 Å². The monoisotopic (exact) mass is 537 g/mol. The lowest BCUT2D eigenvalue weighted by Crippen LogP contribution is -2.40. The normalized spacial score (nSPS) is 22.2. The van der Waals surface area contributed by atoms with Gasteiger partial charge in [0.05, 0.1) is 11.3 Å². The lowest BCUT2D eigenvalue weighted by atomic mass is 9.71. The first kappa shape index (κ1) is 29.2. The van der Waals surface area contributed by atoms with Crippen molar-refractivity contribution in [2.75, 3.05) is 18.9 Å². The van der Waals surface area contributed by atoms with E-state index in [2.05, 4.69) is 20.6 Å². The molecular weight excluding hydrogens is 505 g/mol. The van der Waals surface area contributed by atoms with E-state index < -0.39 is 47.6 Å². The van der Waals surface area contributed by atoms with Crippen LogP contribution in [0.2, 0.25) is 0 Å². The van der Waals surface area contributed by atoms with E-state index in [1.165, 1.54) is 12.3 Å². The molecular formula is C27H32F5N5O. The highest BCUT2D eigenvalue weighted by Gasteiger charge is 2.42. The summed E-state index contributed by atoms with van der Waals surface area (Å²) in [5.41, 5.74) is 0.436. The second kappa shape index (κ2) is 12.0. The maximum atomic E-state index is 14.5. The molecule has 1 saturated carbocycles. The zero-order valence-electron chi connectivity index (χ0n) is 21.5. The highest BCUT2D eigenvalue weighted by molar-refractivity contribution is 6.55. The minimum atomic E-state index is -4.53. The fourth-order valence-electron chi connectivity index (χ4n) is 4.89. The van der Waals surface area contributed by atoms with Crippen molar-refractivity contribution in [1.82, 2.24) is 15.3 Å². The maximum Gasteiger partial charge on any atom is 0.417 e. The number of Topliss-reactive ketones (excluding diaryl/α,β-unsaturated/α-hetero) is 1. The van der Waals surface area contributed by atoms with E-state index in [0.29, 0.717) is 11.9 Å². The summed E-state index contributed by atoms with van der Waals surface area (Å²) in [6.45, 7) is 3.54. The molecule has 3 N–H and O–H groups in total. The number of aromatic nitrogens is 2. The molecule has 0 amide bonds. The van der Waals surface area contributed by atoms with Crippen LogP contribution in [0, 0.1) is 30.1 Å². The minimum absolute atomic E-state index is 0.0348. The minimum Gasteiger partial charge on any atom is -0.393 e. The molecule has 11 heteroatoms. The van der Waals surface area contributed by atoms with Crippen molar-refractivity contribution in [2.45, 2.75) is 51.6 Å². The Kier molecular flexibility index (Phi) is 9.22. The predicted octanol–water partition coefficient (Wildman–Crippen LogP) is 6.14. The van der Waals surface area contributed by atoms with Crippen LogP contribution in [0.4, 0.5) is 27.8 Å². The van der Waals surface area contributed by atoms with Crippen LogP contribution < -0.4 is 10.6 Å². The summed E-state index contributed by atoms with van der Waals surface area (Å²) in [7, 11) is 1.64. The van der Waals surface area contributed by atoms with Gasteiger partial charge in [0.15, 0.2) is 5.78 Å². The summed E-state index contributed by atoms with van der Waals surface area (Å²) >= 11 is 0. The lowest BCUT2D eigenvalue weighted by Gasteiger charge is -2.36. The Morgan fingerprint density at radius 1 is 1.24 bits per heavy atom. The molecule has 1 aliphatic carbocycles. The van der Waals surface area contributed by atoms with E-state index >= 15 is 0 Å². The van der Waals surface area contributed by atoms with Crippen LogP contribution in [-0.4, -0.2) is 41.0 Å². The number of alkyl halides is 5. The Morgan fingerprint density at radius 3 is 2.58 bits per heavy atom. The fraction of sp³-hybridized carbons (Fsp3) is 0.481. The maximum absolute atomic E-state index is 14.5. The molecule has 2 aromatic heterocycles.